The van der Waals surface area contributed by atoms with Gasteiger partial charge in [0.25, 0.3) is 11.8 Å². The summed E-state index contributed by atoms with van der Waals surface area (Å²) in [6.45, 7) is -0.264. The largest absolute Gasteiger partial charge is 0.482 e. The van der Waals surface area contributed by atoms with Crippen molar-refractivity contribution in [3.05, 3.63) is 24.3 Å². The van der Waals surface area contributed by atoms with Gasteiger partial charge in [0.1, 0.15) is 12.3 Å². The molecular formula is C18H23N3O4. The lowest BCUT2D eigenvalue weighted by atomic mass is 10.0. The van der Waals surface area contributed by atoms with Crippen LogP contribution >= 0.6 is 0 Å². The van der Waals surface area contributed by atoms with Gasteiger partial charge in [0.2, 0.25) is 5.91 Å². The van der Waals surface area contributed by atoms with E-state index in [2.05, 4.69) is 10.9 Å². The Morgan fingerprint density at radius 3 is 2.64 bits per heavy atom. The Hall–Kier alpha value is -2.57. The third kappa shape index (κ3) is 4.49. The SMILES string of the molecule is O=C(CCC1CCCC1)NNC(=O)CN1C(=O)COc2ccccc21. The summed E-state index contributed by atoms with van der Waals surface area (Å²) in [5.74, 6) is 0.258. The average molecular weight is 345 g/mol. The van der Waals surface area contributed by atoms with Crippen LogP contribution in [0, 0.1) is 5.92 Å². The average Bonchev–Trinajstić information content (AvgIpc) is 3.14. The maximum absolute atomic E-state index is 12.1. The molecule has 1 aliphatic carbocycles. The van der Waals surface area contributed by atoms with E-state index in [9.17, 15) is 14.4 Å². The van der Waals surface area contributed by atoms with E-state index in [1.54, 1.807) is 24.3 Å². The van der Waals surface area contributed by atoms with E-state index in [0.717, 1.165) is 6.42 Å². The number of amides is 3. The molecule has 7 nitrogen and oxygen atoms in total. The van der Waals surface area contributed by atoms with Crippen LogP contribution in [0.25, 0.3) is 0 Å². The van der Waals surface area contributed by atoms with E-state index in [-0.39, 0.29) is 25.0 Å². The normalized spacial score (nSPS) is 17.0. The highest BCUT2D eigenvalue weighted by Crippen LogP contribution is 2.31. The summed E-state index contributed by atoms with van der Waals surface area (Å²) >= 11 is 0. The Morgan fingerprint density at radius 2 is 1.84 bits per heavy atom. The molecule has 0 aromatic heterocycles. The number of hydrogen-bond acceptors (Lipinski definition) is 4. The zero-order valence-electron chi connectivity index (χ0n) is 14.1. The standard InChI is InChI=1S/C18H23N3O4/c22-16(10-9-13-5-1-2-6-13)19-20-17(23)11-21-14-7-3-4-8-15(14)25-12-18(21)24/h3-4,7-8,13H,1-2,5-6,9-12H2,(H,19,22)(H,20,23). The zero-order valence-corrected chi connectivity index (χ0v) is 14.1. The summed E-state index contributed by atoms with van der Waals surface area (Å²) in [5.41, 5.74) is 5.37. The van der Waals surface area contributed by atoms with Crippen molar-refractivity contribution in [1.82, 2.24) is 10.9 Å². The first-order valence-corrected chi connectivity index (χ1v) is 8.73. The first-order chi connectivity index (χ1) is 12.1. The number of nitrogens with zero attached hydrogens (tertiary/aromatic N) is 1. The number of rotatable bonds is 5. The minimum atomic E-state index is -0.445. The fourth-order valence-corrected chi connectivity index (χ4v) is 3.35. The smallest absolute Gasteiger partial charge is 0.265 e. The molecular weight excluding hydrogens is 322 g/mol. The van der Waals surface area contributed by atoms with Crippen molar-refractivity contribution >= 4 is 23.4 Å². The van der Waals surface area contributed by atoms with Gasteiger partial charge in [-0.3, -0.25) is 30.1 Å². The molecule has 3 amide bonds. The van der Waals surface area contributed by atoms with E-state index < -0.39 is 5.91 Å². The van der Waals surface area contributed by atoms with Crippen LogP contribution in [0.4, 0.5) is 5.69 Å². The van der Waals surface area contributed by atoms with Gasteiger partial charge in [-0.25, -0.2) is 0 Å². The van der Waals surface area contributed by atoms with Crippen LogP contribution in [0.2, 0.25) is 0 Å². The lowest BCUT2D eigenvalue weighted by Gasteiger charge is -2.28. The van der Waals surface area contributed by atoms with Crippen molar-refractivity contribution in [3.63, 3.8) is 0 Å². The lowest BCUT2D eigenvalue weighted by Crippen LogP contribution is -2.49. The van der Waals surface area contributed by atoms with Crippen molar-refractivity contribution in [2.75, 3.05) is 18.1 Å². The highest BCUT2D eigenvalue weighted by Gasteiger charge is 2.27. The predicted octanol–water partition coefficient (Wildman–Crippen LogP) is 1.53. The molecule has 0 spiro atoms. The molecule has 1 aromatic rings. The molecule has 134 valence electrons. The molecule has 1 aromatic carbocycles. The molecule has 7 heteroatoms. The first-order valence-electron chi connectivity index (χ1n) is 8.73. The van der Waals surface area contributed by atoms with Gasteiger partial charge in [0.05, 0.1) is 5.69 Å². The minimum Gasteiger partial charge on any atom is -0.482 e. The number of para-hydroxylation sites is 2. The fourth-order valence-electron chi connectivity index (χ4n) is 3.35. The molecule has 0 radical (unpaired) electrons. The number of carbonyl (C=O) groups excluding carboxylic acids is 3. The number of anilines is 1. The van der Waals surface area contributed by atoms with Gasteiger partial charge in [-0.1, -0.05) is 37.8 Å². The van der Waals surface area contributed by atoms with Gasteiger partial charge in [-0.05, 0) is 24.5 Å². The third-order valence-electron chi connectivity index (χ3n) is 4.71. The lowest BCUT2D eigenvalue weighted by molar-refractivity contribution is -0.129. The molecule has 3 rings (SSSR count). The molecule has 0 unspecified atom stereocenters. The van der Waals surface area contributed by atoms with E-state index in [4.69, 9.17) is 4.74 Å². The van der Waals surface area contributed by atoms with Crippen LogP contribution in [0.1, 0.15) is 38.5 Å². The van der Waals surface area contributed by atoms with Crippen LogP contribution in [0.3, 0.4) is 0 Å². The van der Waals surface area contributed by atoms with Crippen molar-refractivity contribution < 1.29 is 19.1 Å². The molecule has 0 bridgehead atoms. The summed E-state index contributed by atoms with van der Waals surface area (Å²) in [7, 11) is 0. The second-order valence-corrected chi connectivity index (χ2v) is 6.52. The van der Waals surface area contributed by atoms with Crippen molar-refractivity contribution in [1.29, 1.82) is 0 Å². The number of nitrogens with one attached hydrogen (secondary N) is 2. The van der Waals surface area contributed by atoms with Gasteiger partial charge >= 0.3 is 0 Å². The number of hydrazine groups is 1. The summed E-state index contributed by atoms with van der Waals surface area (Å²) in [6.07, 6.45) is 6.15. The first kappa shape index (κ1) is 17.3. The zero-order chi connectivity index (χ0) is 17.6. The fraction of sp³-hybridized carbons (Fsp3) is 0.500. The van der Waals surface area contributed by atoms with E-state index in [0.29, 0.717) is 23.8 Å². The van der Waals surface area contributed by atoms with Crippen molar-refractivity contribution in [3.8, 4) is 5.75 Å². The van der Waals surface area contributed by atoms with Gasteiger partial charge in [-0.15, -0.1) is 0 Å². The summed E-state index contributed by atoms with van der Waals surface area (Å²) in [6, 6.07) is 7.05. The maximum Gasteiger partial charge on any atom is 0.265 e. The minimum absolute atomic E-state index is 0.0992. The number of fused-ring (bicyclic) bond motifs is 1. The second kappa shape index (κ2) is 8.00. The monoisotopic (exact) mass is 345 g/mol. The van der Waals surface area contributed by atoms with Crippen molar-refractivity contribution in [2.45, 2.75) is 38.5 Å². The number of hydrogen-bond donors (Lipinski definition) is 2. The molecule has 0 atom stereocenters. The molecule has 2 N–H and O–H groups in total. The molecule has 0 saturated heterocycles. The summed E-state index contributed by atoms with van der Waals surface area (Å²) in [4.78, 5) is 37.3. The predicted molar refractivity (Wildman–Crippen MR) is 91.8 cm³/mol. The highest BCUT2D eigenvalue weighted by molar-refractivity contribution is 6.02. The van der Waals surface area contributed by atoms with E-state index in [1.807, 2.05) is 0 Å². The molecule has 25 heavy (non-hydrogen) atoms. The second-order valence-electron chi connectivity index (χ2n) is 6.52. The van der Waals surface area contributed by atoms with Crippen LogP contribution < -0.4 is 20.5 Å². The quantitative estimate of drug-likeness (QED) is 0.792. The maximum atomic E-state index is 12.1. The van der Waals surface area contributed by atoms with Gasteiger partial charge in [-0.2, -0.15) is 0 Å². The Kier molecular flexibility index (Phi) is 5.53. The molecule has 1 heterocycles. The number of benzene rings is 1. The van der Waals surface area contributed by atoms with Crippen molar-refractivity contribution in [2.24, 2.45) is 5.92 Å². The van der Waals surface area contributed by atoms with Gasteiger partial charge in [0, 0.05) is 6.42 Å². The molecule has 1 fully saturated rings. The van der Waals surface area contributed by atoms with Crippen LogP contribution in [-0.4, -0.2) is 30.9 Å². The van der Waals surface area contributed by atoms with Gasteiger partial charge in [0.15, 0.2) is 6.61 Å². The summed E-state index contributed by atoms with van der Waals surface area (Å²) < 4.78 is 5.33. The highest BCUT2D eigenvalue weighted by atomic mass is 16.5. The van der Waals surface area contributed by atoms with Crippen LogP contribution in [-0.2, 0) is 14.4 Å². The van der Waals surface area contributed by atoms with Gasteiger partial charge < -0.3 is 4.74 Å². The topological polar surface area (TPSA) is 87.7 Å². The number of ether oxygens (including phenoxy) is 1. The third-order valence-corrected chi connectivity index (χ3v) is 4.71. The van der Waals surface area contributed by atoms with Crippen LogP contribution in [0.15, 0.2) is 24.3 Å². The Morgan fingerprint density at radius 1 is 1.12 bits per heavy atom. The molecule has 1 saturated carbocycles. The van der Waals surface area contributed by atoms with Crippen LogP contribution in [0.5, 0.6) is 5.75 Å². The Bertz CT molecular complexity index is 655. The Labute approximate surface area is 146 Å². The molecule has 2 aliphatic rings. The number of carbonyl (C=O) groups is 3. The van der Waals surface area contributed by atoms with E-state index >= 15 is 0 Å². The summed E-state index contributed by atoms with van der Waals surface area (Å²) in [5, 5.41) is 0. The van der Waals surface area contributed by atoms with E-state index in [1.165, 1.54) is 30.6 Å². The Balaban J connectivity index is 1.46. The molecule has 1 aliphatic heterocycles.